The fourth-order valence-corrected chi connectivity index (χ4v) is 3.39. The SMILES string of the molecule is Cc1ccc(NC(=O)C2CC2)cc1NC(=O)c1nn(-c2cccc(C(F)(F)F)c2)c(C)cc1=O. The van der Waals surface area contributed by atoms with Gasteiger partial charge in [0.1, 0.15) is 0 Å². The Kier molecular flexibility index (Phi) is 5.99. The second kappa shape index (κ2) is 8.77. The van der Waals surface area contributed by atoms with Crippen LogP contribution in [0.1, 0.15) is 40.2 Å². The van der Waals surface area contributed by atoms with Crippen molar-refractivity contribution in [3.05, 3.63) is 81.3 Å². The van der Waals surface area contributed by atoms with Crippen molar-refractivity contribution in [1.29, 1.82) is 0 Å². The van der Waals surface area contributed by atoms with Crippen molar-refractivity contribution in [3.63, 3.8) is 0 Å². The molecule has 1 aliphatic rings. The van der Waals surface area contributed by atoms with Crippen LogP contribution in [0.25, 0.3) is 5.69 Å². The number of halogens is 3. The fraction of sp³-hybridized carbons (Fsp3) is 0.250. The molecular weight excluding hydrogens is 449 g/mol. The summed E-state index contributed by atoms with van der Waals surface area (Å²) in [5, 5.41) is 9.45. The number of nitrogens with zero attached hydrogens (tertiary/aromatic N) is 2. The van der Waals surface area contributed by atoms with Crippen LogP contribution >= 0.6 is 0 Å². The molecule has 2 amide bonds. The number of benzene rings is 2. The average Bonchev–Trinajstić information content (AvgIpc) is 3.61. The van der Waals surface area contributed by atoms with Crippen LogP contribution < -0.4 is 16.1 Å². The molecule has 0 aliphatic heterocycles. The Hall–Kier alpha value is -3.95. The van der Waals surface area contributed by atoms with Gasteiger partial charge in [0.15, 0.2) is 5.69 Å². The summed E-state index contributed by atoms with van der Waals surface area (Å²) in [5.41, 5.74) is -0.158. The molecule has 1 heterocycles. The minimum atomic E-state index is -4.55. The fourth-order valence-electron chi connectivity index (χ4n) is 3.39. The van der Waals surface area contributed by atoms with Gasteiger partial charge >= 0.3 is 6.18 Å². The normalized spacial score (nSPS) is 13.4. The van der Waals surface area contributed by atoms with Gasteiger partial charge in [0.05, 0.1) is 11.3 Å². The van der Waals surface area contributed by atoms with Crippen LogP contribution in [0.15, 0.2) is 53.3 Å². The van der Waals surface area contributed by atoms with E-state index in [4.69, 9.17) is 0 Å². The maximum Gasteiger partial charge on any atom is 0.416 e. The van der Waals surface area contributed by atoms with Gasteiger partial charge in [-0.25, -0.2) is 4.68 Å². The molecule has 0 bridgehead atoms. The molecule has 7 nitrogen and oxygen atoms in total. The van der Waals surface area contributed by atoms with E-state index in [0.717, 1.165) is 35.7 Å². The molecule has 0 radical (unpaired) electrons. The van der Waals surface area contributed by atoms with Crippen molar-refractivity contribution in [2.45, 2.75) is 32.9 Å². The molecule has 1 aliphatic carbocycles. The minimum Gasteiger partial charge on any atom is -0.326 e. The number of carbonyl (C=O) groups excluding carboxylic acids is 2. The van der Waals surface area contributed by atoms with E-state index in [1.807, 2.05) is 0 Å². The lowest BCUT2D eigenvalue weighted by Crippen LogP contribution is -2.27. The molecule has 0 spiro atoms. The number of rotatable bonds is 5. The number of alkyl halides is 3. The standard InChI is InChI=1S/C24H21F3N4O3/c1-13-6-9-17(28-22(33)15-7-8-15)12-19(13)29-23(34)21-20(32)10-14(2)31(30-21)18-5-3-4-16(11-18)24(25,26)27/h3-6,9-12,15H,7-8H2,1-2H3,(H,28,33)(H,29,34). The van der Waals surface area contributed by atoms with E-state index in [0.29, 0.717) is 16.9 Å². The third kappa shape index (κ3) is 5.00. The topological polar surface area (TPSA) is 93.1 Å². The Balaban J connectivity index is 1.63. The van der Waals surface area contributed by atoms with Crippen molar-refractivity contribution in [3.8, 4) is 5.69 Å². The summed E-state index contributed by atoms with van der Waals surface area (Å²) in [6, 6.07) is 10.6. The van der Waals surface area contributed by atoms with Crippen LogP contribution in [0.4, 0.5) is 24.5 Å². The van der Waals surface area contributed by atoms with Crippen LogP contribution in [0.2, 0.25) is 0 Å². The van der Waals surface area contributed by atoms with E-state index in [-0.39, 0.29) is 23.2 Å². The molecule has 10 heteroatoms. The highest BCUT2D eigenvalue weighted by molar-refractivity contribution is 6.03. The van der Waals surface area contributed by atoms with Gasteiger partial charge in [0.25, 0.3) is 5.91 Å². The van der Waals surface area contributed by atoms with Crippen LogP contribution in [0, 0.1) is 19.8 Å². The molecule has 176 valence electrons. The van der Waals surface area contributed by atoms with Gasteiger partial charge in [-0.3, -0.25) is 14.4 Å². The molecule has 1 saturated carbocycles. The van der Waals surface area contributed by atoms with Crippen LogP contribution in [-0.2, 0) is 11.0 Å². The highest BCUT2D eigenvalue weighted by Crippen LogP contribution is 2.31. The van der Waals surface area contributed by atoms with E-state index in [1.165, 1.54) is 19.1 Å². The molecule has 4 rings (SSSR count). The number of amides is 2. The number of hydrogen-bond donors (Lipinski definition) is 2. The molecule has 1 aromatic heterocycles. The summed E-state index contributed by atoms with van der Waals surface area (Å²) in [5.74, 6) is -0.907. The largest absolute Gasteiger partial charge is 0.416 e. The van der Waals surface area contributed by atoms with Crippen molar-refractivity contribution in [1.82, 2.24) is 9.78 Å². The Morgan fingerprint density at radius 1 is 1.03 bits per heavy atom. The molecule has 0 saturated heterocycles. The second-order valence-electron chi connectivity index (χ2n) is 8.21. The number of carbonyl (C=O) groups is 2. The first-order valence-electron chi connectivity index (χ1n) is 10.5. The summed E-state index contributed by atoms with van der Waals surface area (Å²) >= 11 is 0. The van der Waals surface area contributed by atoms with Gasteiger partial charge in [-0.2, -0.15) is 18.3 Å². The quantitative estimate of drug-likeness (QED) is 0.576. The first kappa shape index (κ1) is 23.2. The molecule has 0 unspecified atom stereocenters. The summed E-state index contributed by atoms with van der Waals surface area (Å²) in [4.78, 5) is 37.4. The van der Waals surface area contributed by atoms with E-state index in [2.05, 4.69) is 15.7 Å². The Morgan fingerprint density at radius 2 is 1.76 bits per heavy atom. The third-order valence-electron chi connectivity index (χ3n) is 5.44. The molecular formula is C24H21F3N4O3. The maximum atomic E-state index is 13.1. The lowest BCUT2D eigenvalue weighted by Gasteiger charge is -2.14. The number of anilines is 2. The van der Waals surface area contributed by atoms with E-state index in [1.54, 1.807) is 25.1 Å². The third-order valence-corrected chi connectivity index (χ3v) is 5.44. The Morgan fingerprint density at radius 3 is 2.44 bits per heavy atom. The number of nitrogens with one attached hydrogen (secondary N) is 2. The first-order valence-corrected chi connectivity index (χ1v) is 10.5. The second-order valence-corrected chi connectivity index (χ2v) is 8.21. The molecule has 2 N–H and O–H groups in total. The zero-order valence-corrected chi connectivity index (χ0v) is 18.4. The Bertz CT molecular complexity index is 1340. The highest BCUT2D eigenvalue weighted by Gasteiger charge is 2.31. The lowest BCUT2D eigenvalue weighted by atomic mass is 10.1. The van der Waals surface area contributed by atoms with Gasteiger partial charge in [0, 0.05) is 29.1 Å². The van der Waals surface area contributed by atoms with E-state index < -0.39 is 28.8 Å². The van der Waals surface area contributed by atoms with Crippen LogP contribution in [0.3, 0.4) is 0 Å². The van der Waals surface area contributed by atoms with Gasteiger partial charge in [-0.05, 0) is 62.6 Å². The Labute approximate surface area is 192 Å². The molecule has 1 fully saturated rings. The average molecular weight is 470 g/mol. The molecule has 34 heavy (non-hydrogen) atoms. The zero-order chi connectivity index (χ0) is 24.6. The highest BCUT2D eigenvalue weighted by atomic mass is 19.4. The molecule has 3 aromatic rings. The number of aryl methyl sites for hydroxylation is 2. The smallest absolute Gasteiger partial charge is 0.326 e. The van der Waals surface area contributed by atoms with Gasteiger partial charge in [-0.15, -0.1) is 0 Å². The van der Waals surface area contributed by atoms with E-state index >= 15 is 0 Å². The maximum absolute atomic E-state index is 13.1. The summed E-state index contributed by atoms with van der Waals surface area (Å²) in [6.45, 7) is 3.25. The first-order chi connectivity index (χ1) is 16.0. The predicted octanol–water partition coefficient (Wildman–Crippen LogP) is 4.47. The number of aromatic nitrogens is 2. The van der Waals surface area contributed by atoms with Crippen LogP contribution in [-0.4, -0.2) is 21.6 Å². The van der Waals surface area contributed by atoms with Gasteiger partial charge < -0.3 is 10.6 Å². The van der Waals surface area contributed by atoms with Gasteiger partial charge in [0.2, 0.25) is 11.3 Å². The summed E-state index contributed by atoms with van der Waals surface area (Å²) in [6.07, 6.45) is -2.86. The number of hydrogen-bond acceptors (Lipinski definition) is 4. The molecule has 0 atom stereocenters. The van der Waals surface area contributed by atoms with Crippen molar-refractivity contribution >= 4 is 23.2 Å². The predicted molar refractivity (Wildman–Crippen MR) is 120 cm³/mol. The zero-order valence-electron chi connectivity index (χ0n) is 18.4. The summed E-state index contributed by atoms with van der Waals surface area (Å²) in [7, 11) is 0. The van der Waals surface area contributed by atoms with E-state index in [9.17, 15) is 27.6 Å². The van der Waals surface area contributed by atoms with Crippen molar-refractivity contribution < 1.29 is 22.8 Å². The summed E-state index contributed by atoms with van der Waals surface area (Å²) < 4.78 is 40.5. The lowest BCUT2D eigenvalue weighted by molar-refractivity contribution is -0.137. The van der Waals surface area contributed by atoms with Crippen molar-refractivity contribution in [2.75, 3.05) is 10.6 Å². The van der Waals surface area contributed by atoms with Gasteiger partial charge in [-0.1, -0.05) is 12.1 Å². The molecule has 2 aromatic carbocycles. The minimum absolute atomic E-state index is 0.00502. The van der Waals surface area contributed by atoms with Crippen molar-refractivity contribution in [2.24, 2.45) is 5.92 Å². The monoisotopic (exact) mass is 470 g/mol. The van der Waals surface area contributed by atoms with Crippen LogP contribution in [0.5, 0.6) is 0 Å².